The number of aliphatic hydroxyl groups is 1. The average molecular weight is 302 g/mol. The molecule has 0 aromatic carbocycles. The molecule has 1 saturated carbocycles. The highest BCUT2D eigenvalue weighted by atomic mass is 32.2. The van der Waals surface area contributed by atoms with Gasteiger partial charge >= 0.3 is 0 Å². The van der Waals surface area contributed by atoms with Gasteiger partial charge in [-0.1, -0.05) is 12.8 Å². The van der Waals surface area contributed by atoms with Gasteiger partial charge in [-0.05, 0) is 36.8 Å². The minimum atomic E-state index is -3.63. The molecule has 1 aromatic rings. The number of nitrogens with one attached hydrogen (secondary N) is 1. The second kappa shape index (κ2) is 6.71. The van der Waals surface area contributed by atoms with E-state index in [0.717, 1.165) is 25.7 Å². The first kappa shape index (κ1) is 15.5. The maximum absolute atomic E-state index is 12.1. The molecule has 4 N–H and O–H groups in total. The number of sulfonamides is 1. The van der Waals surface area contributed by atoms with Crippen LogP contribution in [0.25, 0.3) is 0 Å². The van der Waals surface area contributed by atoms with Crippen LogP contribution in [0.5, 0.6) is 0 Å². The van der Waals surface area contributed by atoms with E-state index < -0.39 is 10.0 Å². The molecule has 0 radical (unpaired) electrons. The molecule has 1 heterocycles. The highest BCUT2D eigenvalue weighted by Crippen LogP contribution is 2.29. The Kier molecular flexibility index (Phi) is 5.20. The number of hydrogen-bond acceptors (Lipinski definition) is 5. The van der Waals surface area contributed by atoms with E-state index in [9.17, 15) is 13.5 Å². The molecule has 1 aliphatic rings. The molecule has 6 nitrogen and oxygen atoms in total. The van der Waals surface area contributed by atoms with E-state index in [2.05, 4.69) is 4.72 Å². The van der Waals surface area contributed by atoms with Crippen molar-refractivity contribution in [3.05, 3.63) is 17.9 Å². The van der Waals surface area contributed by atoms with Gasteiger partial charge in [-0.25, -0.2) is 13.1 Å². The zero-order valence-electron chi connectivity index (χ0n) is 11.4. The molecule has 0 bridgehead atoms. The summed E-state index contributed by atoms with van der Waals surface area (Å²) < 4.78 is 31.9. The van der Waals surface area contributed by atoms with Gasteiger partial charge in [-0.2, -0.15) is 0 Å². The van der Waals surface area contributed by atoms with E-state index in [1.54, 1.807) is 6.07 Å². The van der Waals surface area contributed by atoms with E-state index in [4.69, 9.17) is 10.2 Å². The van der Waals surface area contributed by atoms with Crippen molar-refractivity contribution in [1.29, 1.82) is 0 Å². The summed E-state index contributed by atoms with van der Waals surface area (Å²) in [7, 11) is -3.63. The first-order valence-corrected chi connectivity index (χ1v) is 8.44. The Morgan fingerprint density at radius 1 is 1.30 bits per heavy atom. The molecule has 0 aliphatic heterocycles. The lowest BCUT2D eigenvalue weighted by atomic mass is 9.80. The van der Waals surface area contributed by atoms with Crippen LogP contribution in [0.1, 0.15) is 31.4 Å². The predicted molar refractivity (Wildman–Crippen MR) is 74.3 cm³/mol. The van der Waals surface area contributed by atoms with Crippen molar-refractivity contribution in [2.45, 2.75) is 37.3 Å². The van der Waals surface area contributed by atoms with Gasteiger partial charge in [0, 0.05) is 13.2 Å². The van der Waals surface area contributed by atoms with E-state index >= 15 is 0 Å². The lowest BCUT2D eigenvalue weighted by molar-refractivity contribution is 0.136. The number of nitrogens with two attached hydrogens (primary N) is 1. The SMILES string of the molecule is NCc1ccc(S(=O)(=O)NCC2CCCCC2CO)o1. The van der Waals surface area contributed by atoms with Crippen LogP contribution < -0.4 is 10.5 Å². The normalized spacial score (nSPS) is 23.9. The van der Waals surface area contributed by atoms with Gasteiger partial charge in [-0.3, -0.25) is 0 Å². The zero-order valence-corrected chi connectivity index (χ0v) is 12.2. The summed E-state index contributed by atoms with van der Waals surface area (Å²) in [6.07, 6.45) is 4.09. The summed E-state index contributed by atoms with van der Waals surface area (Å²) in [6.45, 7) is 0.626. The van der Waals surface area contributed by atoms with E-state index in [-0.39, 0.29) is 30.1 Å². The van der Waals surface area contributed by atoms with Gasteiger partial charge < -0.3 is 15.3 Å². The van der Waals surface area contributed by atoms with Gasteiger partial charge in [0.05, 0.1) is 6.54 Å². The van der Waals surface area contributed by atoms with Crippen LogP contribution >= 0.6 is 0 Å². The Hall–Kier alpha value is -0.890. The Morgan fingerprint density at radius 3 is 2.60 bits per heavy atom. The Bertz CT molecular complexity index is 526. The summed E-state index contributed by atoms with van der Waals surface area (Å²) in [5.74, 6) is 0.811. The molecule has 0 amide bonds. The molecular weight excluding hydrogens is 280 g/mol. The van der Waals surface area contributed by atoms with Crippen molar-refractivity contribution < 1.29 is 17.9 Å². The van der Waals surface area contributed by atoms with Crippen molar-refractivity contribution >= 4 is 10.0 Å². The van der Waals surface area contributed by atoms with Crippen LogP contribution in [0.4, 0.5) is 0 Å². The molecule has 114 valence electrons. The van der Waals surface area contributed by atoms with Crippen molar-refractivity contribution in [2.24, 2.45) is 17.6 Å². The maximum Gasteiger partial charge on any atom is 0.273 e. The van der Waals surface area contributed by atoms with Crippen LogP contribution in [0.15, 0.2) is 21.6 Å². The molecule has 2 unspecified atom stereocenters. The Balaban J connectivity index is 1.98. The first-order valence-electron chi connectivity index (χ1n) is 6.96. The molecule has 20 heavy (non-hydrogen) atoms. The quantitative estimate of drug-likeness (QED) is 0.721. The third-order valence-electron chi connectivity index (χ3n) is 3.94. The number of rotatable bonds is 6. The fourth-order valence-corrected chi connectivity index (χ4v) is 3.73. The van der Waals surface area contributed by atoms with Gasteiger partial charge in [0.2, 0.25) is 5.09 Å². The van der Waals surface area contributed by atoms with E-state index in [0.29, 0.717) is 12.3 Å². The van der Waals surface area contributed by atoms with E-state index in [1.165, 1.54) is 6.07 Å². The molecule has 1 aliphatic carbocycles. The molecule has 1 fully saturated rings. The Labute approximate surface area is 119 Å². The lowest BCUT2D eigenvalue weighted by Crippen LogP contribution is -2.35. The maximum atomic E-state index is 12.1. The third-order valence-corrected chi connectivity index (χ3v) is 5.24. The average Bonchev–Trinajstić information content (AvgIpc) is 2.95. The van der Waals surface area contributed by atoms with Crippen LogP contribution in [0.3, 0.4) is 0 Å². The smallest absolute Gasteiger partial charge is 0.273 e. The first-order chi connectivity index (χ1) is 9.56. The van der Waals surface area contributed by atoms with Crippen molar-refractivity contribution in [3.63, 3.8) is 0 Å². The fraction of sp³-hybridized carbons (Fsp3) is 0.692. The standard InChI is InChI=1S/C13H22N2O4S/c14-7-12-5-6-13(19-12)20(17,18)15-8-10-3-1-2-4-11(10)9-16/h5-6,10-11,15-16H,1-4,7-9,14H2. The molecule has 0 spiro atoms. The van der Waals surface area contributed by atoms with E-state index in [1.807, 2.05) is 0 Å². The number of aliphatic hydroxyl groups excluding tert-OH is 1. The Morgan fingerprint density at radius 2 is 2.00 bits per heavy atom. The van der Waals surface area contributed by atoms with Gasteiger partial charge in [0.1, 0.15) is 5.76 Å². The van der Waals surface area contributed by atoms with Gasteiger partial charge in [-0.15, -0.1) is 0 Å². The number of furan rings is 1. The van der Waals surface area contributed by atoms with Crippen LogP contribution in [-0.2, 0) is 16.6 Å². The summed E-state index contributed by atoms with van der Waals surface area (Å²) >= 11 is 0. The van der Waals surface area contributed by atoms with Crippen LogP contribution in [0.2, 0.25) is 0 Å². The minimum Gasteiger partial charge on any atom is -0.447 e. The second-order valence-electron chi connectivity index (χ2n) is 5.26. The second-order valence-corrected chi connectivity index (χ2v) is 6.96. The highest BCUT2D eigenvalue weighted by Gasteiger charge is 2.27. The van der Waals surface area contributed by atoms with Crippen molar-refractivity contribution in [3.8, 4) is 0 Å². The molecule has 2 atom stereocenters. The summed E-state index contributed by atoms with van der Waals surface area (Å²) in [5.41, 5.74) is 5.40. The largest absolute Gasteiger partial charge is 0.447 e. The molecular formula is C13H22N2O4S. The summed E-state index contributed by atoms with van der Waals surface area (Å²) in [5, 5.41) is 9.23. The summed E-state index contributed by atoms with van der Waals surface area (Å²) in [6, 6.07) is 2.97. The highest BCUT2D eigenvalue weighted by molar-refractivity contribution is 7.89. The fourth-order valence-electron chi connectivity index (χ4n) is 2.69. The molecule has 7 heteroatoms. The third kappa shape index (κ3) is 3.60. The van der Waals surface area contributed by atoms with Crippen molar-refractivity contribution in [1.82, 2.24) is 4.72 Å². The molecule has 2 rings (SSSR count). The van der Waals surface area contributed by atoms with Crippen LogP contribution in [0, 0.1) is 11.8 Å². The van der Waals surface area contributed by atoms with Crippen LogP contribution in [-0.4, -0.2) is 26.7 Å². The monoisotopic (exact) mass is 302 g/mol. The molecule has 0 saturated heterocycles. The van der Waals surface area contributed by atoms with Gasteiger partial charge in [0.25, 0.3) is 10.0 Å². The predicted octanol–water partition coefficient (Wildman–Crippen LogP) is 0.815. The zero-order chi connectivity index (χ0) is 14.6. The topological polar surface area (TPSA) is 106 Å². The van der Waals surface area contributed by atoms with Gasteiger partial charge in [0.15, 0.2) is 0 Å². The summed E-state index contributed by atoms with van der Waals surface area (Å²) in [4.78, 5) is 0. The lowest BCUT2D eigenvalue weighted by Gasteiger charge is -2.30. The van der Waals surface area contributed by atoms with Crippen molar-refractivity contribution in [2.75, 3.05) is 13.2 Å². The number of hydrogen-bond donors (Lipinski definition) is 3. The minimum absolute atomic E-state index is 0.102. The molecule has 1 aromatic heterocycles.